The molecular weight excluding hydrogens is 283 g/mol. The topological polar surface area (TPSA) is 52.6 Å². The van der Waals surface area contributed by atoms with E-state index >= 15 is 0 Å². The van der Waals surface area contributed by atoms with Gasteiger partial charge in [0.25, 0.3) is 0 Å². The van der Waals surface area contributed by atoms with Crippen molar-refractivity contribution >= 4 is 5.91 Å². The van der Waals surface area contributed by atoms with Crippen molar-refractivity contribution in [1.82, 2.24) is 10.2 Å². The third kappa shape index (κ3) is 4.52. The summed E-state index contributed by atoms with van der Waals surface area (Å²) in [5.74, 6) is 0.0811. The molecule has 0 spiro atoms. The third-order valence-corrected chi connectivity index (χ3v) is 4.32. The largest absolute Gasteiger partial charge is 0.393 e. The van der Waals surface area contributed by atoms with Gasteiger partial charge in [-0.15, -0.1) is 0 Å². The summed E-state index contributed by atoms with van der Waals surface area (Å²) in [6.07, 6.45) is 2.19. The molecule has 1 saturated carbocycles. The maximum Gasteiger partial charge on any atom is 0.234 e. The van der Waals surface area contributed by atoms with Gasteiger partial charge in [-0.2, -0.15) is 0 Å². The van der Waals surface area contributed by atoms with E-state index in [0.717, 1.165) is 19.3 Å². The highest BCUT2D eigenvalue weighted by Gasteiger charge is 2.33. The van der Waals surface area contributed by atoms with Crippen LogP contribution in [0.1, 0.15) is 31.7 Å². The molecule has 1 aromatic rings. The molecule has 0 bridgehead atoms. The van der Waals surface area contributed by atoms with Gasteiger partial charge < -0.3 is 10.4 Å². The fourth-order valence-electron chi connectivity index (χ4n) is 2.98. The van der Waals surface area contributed by atoms with Crippen LogP contribution in [0.15, 0.2) is 24.3 Å². The van der Waals surface area contributed by atoms with Gasteiger partial charge in [-0.05, 0) is 38.3 Å². The quantitative estimate of drug-likeness (QED) is 0.809. The maximum absolute atomic E-state index is 13.6. The van der Waals surface area contributed by atoms with Crippen molar-refractivity contribution in [2.24, 2.45) is 5.92 Å². The van der Waals surface area contributed by atoms with Gasteiger partial charge in [0.2, 0.25) is 5.91 Å². The molecule has 0 aliphatic heterocycles. The summed E-state index contributed by atoms with van der Waals surface area (Å²) in [7, 11) is 1.81. The first-order chi connectivity index (χ1) is 10.5. The molecule has 1 fully saturated rings. The Kier molecular flexibility index (Phi) is 5.91. The third-order valence-electron chi connectivity index (χ3n) is 4.32. The molecule has 0 radical (unpaired) electrons. The lowest BCUT2D eigenvalue weighted by Gasteiger charge is -2.37. The van der Waals surface area contributed by atoms with Crippen LogP contribution in [0.5, 0.6) is 0 Å². The molecule has 1 atom stereocenters. The minimum atomic E-state index is -0.246. The zero-order valence-corrected chi connectivity index (χ0v) is 13.3. The number of aliphatic hydroxyl groups is 1. The number of nitrogens with zero attached hydrogens (tertiary/aromatic N) is 1. The number of carbonyl (C=O) groups excluding carboxylic acids is 1. The van der Waals surface area contributed by atoms with Gasteiger partial charge in [0.05, 0.1) is 12.6 Å². The van der Waals surface area contributed by atoms with Crippen LogP contribution < -0.4 is 5.32 Å². The second-order valence-corrected chi connectivity index (χ2v) is 6.23. The minimum Gasteiger partial charge on any atom is -0.393 e. The Labute approximate surface area is 131 Å². The molecule has 4 nitrogen and oxygen atoms in total. The van der Waals surface area contributed by atoms with Gasteiger partial charge in [0.1, 0.15) is 5.82 Å². The standard InChI is InChI=1S/C17H25FN2O2/c1-3-16(13-8-14(21)9-13)19-17(22)11-20(2)10-12-6-4-5-7-15(12)18/h4-7,13-14,16,21H,3,8-11H2,1-2H3,(H,19,22)/t13?,14?,16-/m0/s1. The highest BCUT2D eigenvalue weighted by molar-refractivity contribution is 5.78. The van der Waals surface area contributed by atoms with Crippen LogP contribution in [0, 0.1) is 11.7 Å². The molecular formula is C17H25FN2O2. The lowest BCUT2D eigenvalue weighted by Crippen LogP contribution is -2.48. The van der Waals surface area contributed by atoms with Gasteiger partial charge in [-0.1, -0.05) is 25.1 Å². The smallest absolute Gasteiger partial charge is 0.234 e. The Morgan fingerprint density at radius 1 is 1.45 bits per heavy atom. The van der Waals surface area contributed by atoms with E-state index in [1.54, 1.807) is 30.1 Å². The molecule has 1 aliphatic carbocycles. The number of aliphatic hydroxyl groups excluding tert-OH is 1. The second-order valence-electron chi connectivity index (χ2n) is 6.23. The first-order valence-corrected chi connectivity index (χ1v) is 7.89. The van der Waals surface area contributed by atoms with E-state index in [4.69, 9.17) is 0 Å². The van der Waals surface area contributed by atoms with Crippen LogP contribution in [-0.2, 0) is 11.3 Å². The summed E-state index contributed by atoms with van der Waals surface area (Å²) in [5.41, 5.74) is 0.590. The first-order valence-electron chi connectivity index (χ1n) is 7.89. The zero-order chi connectivity index (χ0) is 16.1. The summed E-state index contributed by atoms with van der Waals surface area (Å²) < 4.78 is 13.6. The van der Waals surface area contributed by atoms with Gasteiger partial charge in [0.15, 0.2) is 0 Å². The Hall–Kier alpha value is -1.46. The lowest BCUT2D eigenvalue weighted by atomic mass is 9.76. The number of amides is 1. The molecule has 0 unspecified atom stereocenters. The molecule has 22 heavy (non-hydrogen) atoms. The summed E-state index contributed by atoms with van der Waals surface area (Å²) in [5, 5.41) is 12.4. The zero-order valence-electron chi connectivity index (χ0n) is 13.3. The molecule has 1 amide bonds. The summed E-state index contributed by atoms with van der Waals surface area (Å²) in [6, 6.07) is 6.73. The number of carbonyl (C=O) groups is 1. The van der Waals surface area contributed by atoms with Crippen LogP contribution in [0.4, 0.5) is 4.39 Å². The summed E-state index contributed by atoms with van der Waals surface area (Å²) >= 11 is 0. The normalized spacial score (nSPS) is 22.2. The molecule has 122 valence electrons. The maximum atomic E-state index is 13.6. The number of hydrogen-bond donors (Lipinski definition) is 2. The summed E-state index contributed by atoms with van der Waals surface area (Å²) in [4.78, 5) is 13.9. The number of halogens is 1. The number of likely N-dealkylation sites (N-methyl/N-ethyl adjacent to an activating group) is 1. The fraction of sp³-hybridized carbons (Fsp3) is 0.588. The lowest BCUT2D eigenvalue weighted by molar-refractivity contribution is -0.124. The van der Waals surface area contributed by atoms with Crippen LogP contribution in [0.3, 0.4) is 0 Å². The van der Waals surface area contributed by atoms with Gasteiger partial charge >= 0.3 is 0 Å². The van der Waals surface area contributed by atoms with Crippen LogP contribution in [0.2, 0.25) is 0 Å². The average molecular weight is 308 g/mol. The van der Waals surface area contributed by atoms with E-state index in [9.17, 15) is 14.3 Å². The molecule has 0 heterocycles. The van der Waals surface area contributed by atoms with E-state index in [-0.39, 0.29) is 30.4 Å². The molecule has 0 saturated heterocycles. The molecule has 2 N–H and O–H groups in total. The Morgan fingerprint density at radius 3 is 2.73 bits per heavy atom. The predicted molar refractivity (Wildman–Crippen MR) is 83.7 cm³/mol. The van der Waals surface area contributed by atoms with Crippen LogP contribution in [-0.4, -0.2) is 41.7 Å². The van der Waals surface area contributed by atoms with E-state index < -0.39 is 0 Å². The average Bonchev–Trinajstić information content (AvgIpc) is 2.44. The monoisotopic (exact) mass is 308 g/mol. The van der Waals surface area contributed by atoms with Crippen molar-refractivity contribution in [2.75, 3.05) is 13.6 Å². The number of hydrogen-bond acceptors (Lipinski definition) is 3. The van der Waals surface area contributed by atoms with E-state index in [1.165, 1.54) is 6.07 Å². The minimum absolute atomic E-state index is 0.0490. The molecule has 1 aliphatic rings. The van der Waals surface area contributed by atoms with Crippen molar-refractivity contribution in [3.63, 3.8) is 0 Å². The van der Waals surface area contributed by atoms with Gasteiger partial charge in [-0.25, -0.2) is 4.39 Å². The van der Waals surface area contributed by atoms with Crippen molar-refractivity contribution in [3.8, 4) is 0 Å². The van der Waals surface area contributed by atoms with Crippen molar-refractivity contribution in [1.29, 1.82) is 0 Å². The number of rotatable bonds is 7. The van der Waals surface area contributed by atoms with Gasteiger partial charge in [-0.3, -0.25) is 9.69 Å². The highest BCUT2D eigenvalue weighted by Crippen LogP contribution is 2.31. The summed E-state index contributed by atoms with van der Waals surface area (Å²) in [6.45, 7) is 2.68. The fourth-order valence-corrected chi connectivity index (χ4v) is 2.98. The number of nitrogens with one attached hydrogen (secondary N) is 1. The van der Waals surface area contributed by atoms with Crippen molar-refractivity contribution in [3.05, 3.63) is 35.6 Å². The second kappa shape index (κ2) is 7.70. The molecule has 2 rings (SSSR count). The van der Waals surface area contributed by atoms with Crippen molar-refractivity contribution in [2.45, 2.75) is 44.9 Å². The molecule has 0 aromatic heterocycles. The van der Waals surface area contributed by atoms with Crippen LogP contribution >= 0.6 is 0 Å². The van der Waals surface area contributed by atoms with E-state index in [1.807, 2.05) is 6.92 Å². The van der Waals surface area contributed by atoms with Gasteiger partial charge in [0, 0.05) is 18.2 Å². The molecule has 5 heteroatoms. The molecule has 1 aromatic carbocycles. The van der Waals surface area contributed by atoms with Crippen LogP contribution in [0.25, 0.3) is 0 Å². The Bertz CT molecular complexity index is 503. The van der Waals surface area contributed by atoms with Crippen molar-refractivity contribution < 1.29 is 14.3 Å². The first kappa shape index (κ1) is 16.9. The van der Waals surface area contributed by atoms with E-state index in [0.29, 0.717) is 18.0 Å². The highest BCUT2D eigenvalue weighted by atomic mass is 19.1. The Balaban J connectivity index is 1.79. The predicted octanol–water partition coefficient (Wildman–Crippen LogP) is 1.92. The number of benzene rings is 1. The SMILES string of the molecule is CC[C@H](NC(=O)CN(C)Cc1ccccc1F)C1CC(O)C1. The Morgan fingerprint density at radius 2 is 2.14 bits per heavy atom. The van der Waals surface area contributed by atoms with E-state index in [2.05, 4.69) is 5.32 Å².